The number of hydrogen-bond acceptors (Lipinski definition) is 4. The van der Waals surface area contributed by atoms with Crippen molar-refractivity contribution in [3.05, 3.63) is 76.7 Å². The van der Waals surface area contributed by atoms with Crippen LogP contribution in [0.1, 0.15) is 55.6 Å². The van der Waals surface area contributed by atoms with Crippen LogP contribution in [0.4, 0.5) is 4.39 Å². The number of benzene rings is 2. The molecule has 1 unspecified atom stereocenters. The van der Waals surface area contributed by atoms with E-state index >= 15 is 0 Å². The summed E-state index contributed by atoms with van der Waals surface area (Å²) in [7, 11) is 0. The standard InChI is InChI=1S/C26H24FNO3/c27-18-5-1-4-16(14-18)15-31-19-12-10-17(11-13-19)24-25-20(6-2-8-22(25)29)28-21-7-3-9-23(30)26(21)24/h1,4-5,10-14,24-25H,2-3,6-9,15H2/t24-,25?/m1/s1. The lowest BCUT2D eigenvalue weighted by Crippen LogP contribution is -2.39. The molecule has 0 bridgehead atoms. The lowest BCUT2D eigenvalue weighted by molar-refractivity contribution is -0.122. The van der Waals surface area contributed by atoms with Gasteiger partial charge in [0.15, 0.2) is 5.78 Å². The van der Waals surface area contributed by atoms with Crippen molar-refractivity contribution in [2.75, 3.05) is 0 Å². The van der Waals surface area contributed by atoms with Crippen LogP contribution in [0.3, 0.4) is 0 Å². The van der Waals surface area contributed by atoms with E-state index in [4.69, 9.17) is 9.73 Å². The number of aliphatic imine (C=N–C) groups is 1. The van der Waals surface area contributed by atoms with Crippen molar-refractivity contribution in [1.82, 2.24) is 0 Å². The largest absolute Gasteiger partial charge is 0.489 e. The summed E-state index contributed by atoms with van der Waals surface area (Å²) < 4.78 is 19.2. The molecule has 2 atom stereocenters. The molecule has 0 aromatic heterocycles. The molecule has 5 heteroatoms. The van der Waals surface area contributed by atoms with Gasteiger partial charge in [0, 0.05) is 35.7 Å². The normalized spacial score (nSPS) is 23.2. The minimum Gasteiger partial charge on any atom is -0.489 e. The lowest BCUT2D eigenvalue weighted by atomic mass is 9.67. The Morgan fingerprint density at radius 3 is 2.55 bits per heavy atom. The van der Waals surface area contributed by atoms with Crippen LogP contribution in [0.25, 0.3) is 0 Å². The number of allylic oxidation sites excluding steroid dienone is 2. The number of fused-ring (bicyclic) bond motifs is 1. The molecule has 5 rings (SSSR count). The predicted molar refractivity (Wildman–Crippen MR) is 116 cm³/mol. The van der Waals surface area contributed by atoms with E-state index < -0.39 is 0 Å². The molecule has 1 heterocycles. The third kappa shape index (κ3) is 3.85. The molecule has 1 fully saturated rings. The summed E-state index contributed by atoms with van der Waals surface area (Å²) in [6, 6.07) is 14.0. The van der Waals surface area contributed by atoms with Gasteiger partial charge in [-0.3, -0.25) is 14.6 Å². The van der Waals surface area contributed by atoms with E-state index in [1.54, 1.807) is 6.07 Å². The van der Waals surface area contributed by atoms with Crippen LogP contribution >= 0.6 is 0 Å². The molecule has 0 spiro atoms. The molecule has 1 aliphatic heterocycles. The zero-order valence-electron chi connectivity index (χ0n) is 17.3. The summed E-state index contributed by atoms with van der Waals surface area (Å²) in [5, 5.41) is 0. The van der Waals surface area contributed by atoms with Gasteiger partial charge in [-0.15, -0.1) is 0 Å². The maximum Gasteiger partial charge on any atom is 0.161 e. The highest BCUT2D eigenvalue weighted by Crippen LogP contribution is 2.46. The number of carbonyl (C=O) groups excluding carboxylic acids is 2. The van der Waals surface area contributed by atoms with Crippen LogP contribution in [0, 0.1) is 11.7 Å². The van der Waals surface area contributed by atoms with E-state index in [-0.39, 0.29) is 35.8 Å². The van der Waals surface area contributed by atoms with Crippen molar-refractivity contribution < 1.29 is 18.7 Å². The van der Waals surface area contributed by atoms with E-state index in [1.165, 1.54) is 12.1 Å². The van der Waals surface area contributed by atoms with Crippen molar-refractivity contribution in [3.63, 3.8) is 0 Å². The highest BCUT2D eigenvalue weighted by molar-refractivity contribution is 6.12. The van der Waals surface area contributed by atoms with Crippen LogP contribution in [0.5, 0.6) is 5.75 Å². The Hall–Kier alpha value is -3.08. The molecule has 1 saturated carbocycles. The highest BCUT2D eigenvalue weighted by atomic mass is 19.1. The Balaban J connectivity index is 1.43. The van der Waals surface area contributed by atoms with E-state index in [2.05, 4.69) is 0 Å². The zero-order chi connectivity index (χ0) is 21.4. The van der Waals surface area contributed by atoms with Gasteiger partial charge in [0.1, 0.15) is 24.0 Å². The van der Waals surface area contributed by atoms with Gasteiger partial charge in [-0.1, -0.05) is 24.3 Å². The third-order valence-corrected chi connectivity index (χ3v) is 6.45. The molecule has 2 aromatic carbocycles. The van der Waals surface area contributed by atoms with E-state index in [1.807, 2.05) is 30.3 Å². The summed E-state index contributed by atoms with van der Waals surface area (Å²) in [5.74, 6) is 0.112. The molecule has 158 valence electrons. The molecule has 0 radical (unpaired) electrons. The first-order valence-electron chi connectivity index (χ1n) is 10.9. The van der Waals surface area contributed by atoms with E-state index in [0.29, 0.717) is 18.6 Å². The summed E-state index contributed by atoms with van der Waals surface area (Å²) in [5.41, 5.74) is 4.28. The Bertz CT molecular complexity index is 1100. The number of hydrogen-bond donors (Lipinski definition) is 0. The summed E-state index contributed by atoms with van der Waals surface area (Å²) in [6.45, 7) is 0.270. The van der Waals surface area contributed by atoms with Crippen molar-refractivity contribution in [2.24, 2.45) is 10.9 Å². The second-order valence-corrected chi connectivity index (χ2v) is 8.50. The number of carbonyl (C=O) groups is 2. The fourth-order valence-corrected chi connectivity index (χ4v) is 5.02. The van der Waals surface area contributed by atoms with Gasteiger partial charge in [0.2, 0.25) is 0 Å². The predicted octanol–water partition coefficient (Wildman–Crippen LogP) is 5.32. The number of rotatable bonds is 4. The van der Waals surface area contributed by atoms with E-state index in [9.17, 15) is 14.0 Å². The molecule has 31 heavy (non-hydrogen) atoms. The average molecular weight is 417 g/mol. The first-order valence-corrected chi connectivity index (χ1v) is 10.9. The smallest absolute Gasteiger partial charge is 0.161 e. The molecule has 0 amide bonds. The van der Waals surface area contributed by atoms with Gasteiger partial charge in [-0.2, -0.15) is 0 Å². The number of Topliss-reactive ketones (excluding diaryl/α,β-unsaturated/α-hetero) is 2. The molecular weight excluding hydrogens is 393 g/mol. The van der Waals surface area contributed by atoms with Gasteiger partial charge in [0.05, 0.1) is 5.92 Å². The van der Waals surface area contributed by atoms with Crippen LogP contribution in [-0.2, 0) is 16.2 Å². The highest BCUT2D eigenvalue weighted by Gasteiger charge is 2.44. The topological polar surface area (TPSA) is 55.7 Å². The van der Waals surface area contributed by atoms with Gasteiger partial charge in [-0.25, -0.2) is 4.39 Å². The number of halogens is 1. The first-order chi connectivity index (χ1) is 15.1. The van der Waals surface area contributed by atoms with Crippen molar-refractivity contribution >= 4 is 17.3 Å². The van der Waals surface area contributed by atoms with Gasteiger partial charge >= 0.3 is 0 Å². The van der Waals surface area contributed by atoms with Gasteiger partial charge in [-0.05, 0) is 61.1 Å². The zero-order valence-corrected chi connectivity index (χ0v) is 17.3. The number of nitrogens with zero attached hydrogens (tertiary/aromatic N) is 1. The van der Waals surface area contributed by atoms with Crippen molar-refractivity contribution in [1.29, 1.82) is 0 Å². The molecule has 0 saturated heterocycles. The molecule has 4 nitrogen and oxygen atoms in total. The Labute approximate surface area is 180 Å². The molecule has 3 aliphatic rings. The second-order valence-electron chi connectivity index (χ2n) is 8.50. The molecule has 2 aromatic rings. The van der Waals surface area contributed by atoms with Crippen LogP contribution < -0.4 is 4.74 Å². The SMILES string of the molecule is O=C1CCCC2=C1[C@H](c1ccc(OCc3cccc(F)c3)cc1)C1C(=O)CCCC1=N2. The molecular formula is C26H24FNO3. The van der Waals surface area contributed by atoms with E-state index in [0.717, 1.165) is 53.8 Å². The summed E-state index contributed by atoms with van der Waals surface area (Å²) >= 11 is 0. The average Bonchev–Trinajstić information content (AvgIpc) is 2.77. The molecule has 2 aliphatic carbocycles. The summed E-state index contributed by atoms with van der Waals surface area (Å²) in [4.78, 5) is 30.5. The first kappa shape index (κ1) is 19.9. The maximum absolute atomic E-state index is 13.4. The third-order valence-electron chi connectivity index (χ3n) is 6.45. The Morgan fingerprint density at radius 1 is 0.935 bits per heavy atom. The van der Waals surface area contributed by atoms with Crippen LogP contribution in [-0.4, -0.2) is 17.3 Å². The van der Waals surface area contributed by atoms with Gasteiger partial charge in [0.25, 0.3) is 0 Å². The number of ketones is 2. The second kappa shape index (κ2) is 8.22. The Kier molecular flexibility index (Phi) is 5.26. The minimum absolute atomic E-state index is 0.124. The number of ether oxygens (including phenoxy) is 1. The van der Waals surface area contributed by atoms with Crippen LogP contribution in [0.15, 0.2) is 64.8 Å². The molecule has 0 N–H and O–H groups in total. The van der Waals surface area contributed by atoms with Crippen molar-refractivity contribution in [3.8, 4) is 5.75 Å². The quantitative estimate of drug-likeness (QED) is 0.677. The van der Waals surface area contributed by atoms with Crippen LogP contribution in [0.2, 0.25) is 0 Å². The van der Waals surface area contributed by atoms with Gasteiger partial charge < -0.3 is 4.74 Å². The lowest BCUT2D eigenvalue weighted by Gasteiger charge is -2.37. The fourth-order valence-electron chi connectivity index (χ4n) is 5.02. The van der Waals surface area contributed by atoms with Crippen molar-refractivity contribution in [2.45, 2.75) is 51.0 Å². The Morgan fingerprint density at radius 2 is 1.74 bits per heavy atom. The summed E-state index contributed by atoms with van der Waals surface area (Å²) in [6.07, 6.45) is 4.36. The minimum atomic E-state index is -0.325. The maximum atomic E-state index is 13.4. The fraction of sp³-hybridized carbons (Fsp3) is 0.346. The monoisotopic (exact) mass is 417 g/mol.